The first-order valence-corrected chi connectivity index (χ1v) is 6.37. The summed E-state index contributed by atoms with van der Waals surface area (Å²) in [5.41, 5.74) is 0.203. The van der Waals surface area contributed by atoms with Gasteiger partial charge in [0.05, 0.1) is 5.54 Å². The molecule has 1 aliphatic rings. The number of carbonyl (C=O) groups excluding carboxylic acids is 1. The Labute approximate surface area is 103 Å². The molecule has 1 aromatic heterocycles. The Bertz CT molecular complexity index is 407. The van der Waals surface area contributed by atoms with E-state index in [0.29, 0.717) is 5.69 Å². The van der Waals surface area contributed by atoms with Gasteiger partial charge in [0, 0.05) is 13.2 Å². The highest BCUT2D eigenvalue weighted by Crippen LogP contribution is 2.27. The monoisotopic (exact) mass is 235 g/mol. The maximum Gasteiger partial charge on any atom is 0.202 e. The molecule has 0 spiro atoms. The predicted molar refractivity (Wildman–Crippen MR) is 67.0 cm³/mol. The normalized spacial score (nSPS) is 20.4. The third kappa shape index (κ3) is 2.14. The van der Waals surface area contributed by atoms with Crippen LogP contribution in [0.2, 0.25) is 0 Å². The Kier molecular flexibility index (Phi) is 3.33. The second-order valence-corrected chi connectivity index (χ2v) is 5.03. The number of Topliss-reactive ketones (excluding diaryl/α,β-unsaturated/α-hetero) is 1. The van der Waals surface area contributed by atoms with Crippen LogP contribution in [0.4, 0.5) is 0 Å². The SMILES string of the molecule is CCC(C)(C(=O)c1ccn(C)n1)N1CCCC1. The van der Waals surface area contributed by atoms with Crippen molar-refractivity contribution in [1.29, 1.82) is 0 Å². The van der Waals surface area contributed by atoms with Crippen molar-refractivity contribution in [3.63, 3.8) is 0 Å². The van der Waals surface area contributed by atoms with Crippen molar-refractivity contribution in [3.05, 3.63) is 18.0 Å². The summed E-state index contributed by atoms with van der Waals surface area (Å²) in [6.07, 6.45) is 5.06. The molecule has 0 aliphatic carbocycles. The van der Waals surface area contributed by atoms with Crippen LogP contribution in [0.5, 0.6) is 0 Å². The molecule has 0 amide bonds. The summed E-state index contributed by atoms with van der Waals surface area (Å²) in [4.78, 5) is 14.9. The number of ketones is 1. The van der Waals surface area contributed by atoms with Crippen LogP contribution >= 0.6 is 0 Å². The molecule has 1 saturated heterocycles. The first-order chi connectivity index (χ1) is 8.08. The molecule has 0 bridgehead atoms. The van der Waals surface area contributed by atoms with E-state index in [4.69, 9.17) is 0 Å². The number of aryl methyl sites for hydroxylation is 1. The molecule has 17 heavy (non-hydrogen) atoms. The molecule has 4 nitrogen and oxygen atoms in total. The molecule has 0 N–H and O–H groups in total. The Morgan fingerprint density at radius 3 is 2.59 bits per heavy atom. The van der Waals surface area contributed by atoms with Crippen LogP contribution in [0, 0.1) is 0 Å². The van der Waals surface area contributed by atoms with Gasteiger partial charge in [-0.3, -0.25) is 14.4 Å². The molecule has 4 heteroatoms. The summed E-state index contributed by atoms with van der Waals surface area (Å²) >= 11 is 0. The van der Waals surface area contributed by atoms with Gasteiger partial charge in [-0.1, -0.05) is 6.92 Å². The molecule has 1 fully saturated rings. The van der Waals surface area contributed by atoms with Crippen molar-refractivity contribution in [2.75, 3.05) is 13.1 Å². The van der Waals surface area contributed by atoms with E-state index in [1.54, 1.807) is 4.68 Å². The van der Waals surface area contributed by atoms with E-state index in [9.17, 15) is 4.79 Å². The van der Waals surface area contributed by atoms with Gasteiger partial charge < -0.3 is 0 Å². The van der Waals surface area contributed by atoms with Gasteiger partial charge in [0.15, 0.2) is 0 Å². The van der Waals surface area contributed by atoms with Crippen LogP contribution < -0.4 is 0 Å². The third-order valence-corrected chi connectivity index (χ3v) is 3.93. The molecular formula is C13H21N3O. The molecule has 0 saturated carbocycles. The van der Waals surface area contributed by atoms with Crippen LogP contribution in [0.3, 0.4) is 0 Å². The van der Waals surface area contributed by atoms with Crippen molar-refractivity contribution >= 4 is 5.78 Å². The van der Waals surface area contributed by atoms with Crippen molar-refractivity contribution in [2.45, 2.75) is 38.6 Å². The summed E-state index contributed by atoms with van der Waals surface area (Å²) in [5.74, 6) is 0.155. The lowest BCUT2D eigenvalue weighted by atomic mass is 9.89. The lowest BCUT2D eigenvalue weighted by molar-refractivity contribution is 0.0641. The summed E-state index contributed by atoms with van der Waals surface area (Å²) in [5, 5.41) is 4.24. The van der Waals surface area contributed by atoms with E-state index in [0.717, 1.165) is 19.5 Å². The van der Waals surface area contributed by atoms with Crippen molar-refractivity contribution in [2.24, 2.45) is 7.05 Å². The Morgan fingerprint density at radius 2 is 2.12 bits per heavy atom. The van der Waals surface area contributed by atoms with E-state index < -0.39 is 0 Å². The second-order valence-electron chi connectivity index (χ2n) is 5.03. The van der Waals surface area contributed by atoms with E-state index in [2.05, 4.69) is 23.8 Å². The Hall–Kier alpha value is -1.16. The number of rotatable bonds is 4. The fourth-order valence-electron chi connectivity index (χ4n) is 2.55. The predicted octanol–water partition coefficient (Wildman–Crippen LogP) is 1.87. The van der Waals surface area contributed by atoms with Gasteiger partial charge in [-0.25, -0.2) is 0 Å². The van der Waals surface area contributed by atoms with E-state index in [1.807, 2.05) is 19.3 Å². The maximum absolute atomic E-state index is 12.6. The minimum atomic E-state index is -0.384. The zero-order valence-corrected chi connectivity index (χ0v) is 10.9. The van der Waals surface area contributed by atoms with Crippen molar-refractivity contribution in [1.82, 2.24) is 14.7 Å². The van der Waals surface area contributed by atoms with Gasteiger partial charge in [-0.05, 0) is 45.3 Å². The van der Waals surface area contributed by atoms with Crippen LogP contribution in [0.1, 0.15) is 43.6 Å². The summed E-state index contributed by atoms with van der Waals surface area (Å²) in [7, 11) is 1.84. The number of aromatic nitrogens is 2. The number of likely N-dealkylation sites (tertiary alicyclic amines) is 1. The van der Waals surface area contributed by atoms with Crippen LogP contribution in [-0.4, -0.2) is 39.1 Å². The molecule has 2 heterocycles. The summed E-state index contributed by atoms with van der Waals surface area (Å²) in [6, 6.07) is 1.81. The van der Waals surface area contributed by atoms with Crippen LogP contribution in [0.15, 0.2) is 12.3 Å². The van der Waals surface area contributed by atoms with Crippen LogP contribution in [-0.2, 0) is 7.05 Å². The molecule has 1 atom stereocenters. The second kappa shape index (κ2) is 4.61. The average molecular weight is 235 g/mol. The first-order valence-electron chi connectivity index (χ1n) is 6.37. The van der Waals surface area contributed by atoms with Crippen molar-refractivity contribution in [3.8, 4) is 0 Å². The van der Waals surface area contributed by atoms with Crippen molar-refractivity contribution < 1.29 is 4.79 Å². The smallest absolute Gasteiger partial charge is 0.202 e. The zero-order chi connectivity index (χ0) is 12.5. The topological polar surface area (TPSA) is 38.1 Å². The number of nitrogens with zero attached hydrogens (tertiary/aromatic N) is 3. The fraction of sp³-hybridized carbons (Fsp3) is 0.692. The average Bonchev–Trinajstić information content (AvgIpc) is 2.97. The summed E-state index contributed by atoms with van der Waals surface area (Å²) < 4.78 is 1.69. The lowest BCUT2D eigenvalue weighted by Gasteiger charge is -2.36. The highest BCUT2D eigenvalue weighted by atomic mass is 16.1. The number of carbonyl (C=O) groups is 1. The molecule has 2 rings (SSSR count). The lowest BCUT2D eigenvalue weighted by Crippen LogP contribution is -2.50. The highest BCUT2D eigenvalue weighted by molar-refractivity contribution is 6.01. The van der Waals surface area contributed by atoms with Gasteiger partial charge in [0.1, 0.15) is 5.69 Å². The maximum atomic E-state index is 12.6. The van der Waals surface area contributed by atoms with Gasteiger partial charge in [0.25, 0.3) is 0 Å². The zero-order valence-electron chi connectivity index (χ0n) is 10.9. The standard InChI is InChI=1S/C13H21N3O/c1-4-13(2,16-8-5-6-9-16)12(17)11-7-10-15(3)14-11/h7,10H,4-6,8-9H2,1-3H3. The van der Waals surface area contributed by atoms with E-state index in [1.165, 1.54) is 12.8 Å². The first kappa shape index (κ1) is 12.3. The molecule has 1 aliphatic heterocycles. The van der Waals surface area contributed by atoms with Gasteiger partial charge in [-0.2, -0.15) is 5.10 Å². The number of hydrogen-bond donors (Lipinski definition) is 0. The van der Waals surface area contributed by atoms with Gasteiger partial charge in [-0.15, -0.1) is 0 Å². The molecule has 0 aromatic carbocycles. The quantitative estimate of drug-likeness (QED) is 0.748. The highest BCUT2D eigenvalue weighted by Gasteiger charge is 2.40. The van der Waals surface area contributed by atoms with Gasteiger partial charge in [0.2, 0.25) is 5.78 Å². The Morgan fingerprint density at radius 1 is 1.47 bits per heavy atom. The molecule has 94 valence electrons. The van der Waals surface area contributed by atoms with Gasteiger partial charge >= 0.3 is 0 Å². The molecule has 0 radical (unpaired) electrons. The minimum Gasteiger partial charge on any atom is -0.291 e. The summed E-state index contributed by atoms with van der Waals surface area (Å²) in [6.45, 7) is 6.19. The fourth-order valence-corrected chi connectivity index (χ4v) is 2.55. The van der Waals surface area contributed by atoms with E-state index in [-0.39, 0.29) is 11.3 Å². The minimum absolute atomic E-state index is 0.155. The molecule has 1 aromatic rings. The third-order valence-electron chi connectivity index (χ3n) is 3.93. The van der Waals surface area contributed by atoms with Crippen LogP contribution in [0.25, 0.3) is 0 Å². The number of hydrogen-bond acceptors (Lipinski definition) is 3. The molecular weight excluding hydrogens is 214 g/mol. The Balaban J connectivity index is 2.25. The molecule has 1 unspecified atom stereocenters. The van der Waals surface area contributed by atoms with E-state index >= 15 is 0 Å². The largest absolute Gasteiger partial charge is 0.291 e.